The number of anilines is 3. The summed E-state index contributed by atoms with van der Waals surface area (Å²) < 4.78 is 0. The molecule has 0 radical (unpaired) electrons. The van der Waals surface area contributed by atoms with Gasteiger partial charge in [0.15, 0.2) is 0 Å². The number of halogens is 1. The first kappa shape index (κ1) is 14.0. The van der Waals surface area contributed by atoms with E-state index in [9.17, 15) is 10.1 Å². The molecule has 20 heavy (non-hydrogen) atoms. The van der Waals surface area contributed by atoms with Crippen molar-refractivity contribution < 1.29 is 4.92 Å². The Kier molecular flexibility index (Phi) is 4.02. The SMILES string of the molecule is Cc1ccc(Nc2cc([N+](=O)[O-])cc(NN)n2)c(Cl)c1. The highest BCUT2D eigenvalue weighted by Crippen LogP contribution is 2.28. The Hall–Kier alpha value is -2.38. The topological polar surface area (TPSA) is 106 Å². The number of rotatable bonds is 4. The maximum Gasteiger partial charge on any atom is 0.276 e. The Balaban J connectivity index is 2.37. The molecule has 0 unspecified atom stereocenters. The molecule has 0 fully saturated rings. The Morgan fingerprint density at radius 2 is 2.00 bits per heavy atom. The predicted octanol–water partition coefficient (Wildman–Crippen LogP) is 2.98. The van der Waals surface area contributed by atoms with Crippen LogP contribution in [0.3, 0.4) is 0 Å². The maximum atomic E-state index is 10.8. The lowest BCUT2D eigenvalue weighted by Crippen LogP contribution is -2.10. The van der Waals surface area contributed by atoms with Crippen LogP contribution in [0, 0.1) is 17.0 Å². The molecule has 0 atom stereocenters. The van der Waals surface area contributed by atoms with E-state index in [4.69, 9.17) is 17.4 Å². The molecule has 104 valence electrons. The van der Waals surface area contributed by atoms with Gasteiger partial charge in [0, 0.05) is 0 Å². The zero-order valence-electron chi connectivity index (χ0n) is 10.6. The van der Waals surface area contributed by atoms with Gasteiger partial charge in [-0.1, -0.05) is 17.7 Å². The van der Waals surface area contributed by atoms with E-state index in [1.54, 1.807) is 12.1 Å². The average molecular weight is 294 g/mol. The van der Waals surface area contributed by atoms with Crippen molar-refractivity contribution in [3.8, 4) is 0 Å². The smallest absolute Gasteiger partial charge is 0.276 e. The fourth-order valence-electron chi connectivity index (χ4n) is 1.62. The minimum absolute atomic E-state index is 0.126. The highest BCUT2D eigenvalue weighted by Gasteiger charge is 2.11. The Morgan fingerprint density at radius 1 is 1.30 bits per heavy atom. The molecule has 0 saturated carbocycles. The van der Waals surface area contributed by atoms with Gasteiger partial charge in [0.25, 0.3) is 5.69 Å². The fourth-order valence-corrected chi connectivity index (χ4v) is 1.90. The Morgan fingerprint density at radius 3 is 2.60 bits per heavy atom. The van der Waals surface area contributed by atoms with Crippen molar-refractivity contribution in [1.82, 2.24) is 4.98 Å². The summed E-state index contributed by atoms with van der Waals surface area (Å²) in [5.41, 5.74) is 3.77. The zero-order chi connectivity index (χ0) is 14.7. The molecule has 2 aromatic rings. The first-order valence-electron chi connectivity index (χ1n) is 5.66. The highest BCUT2D eigenvalue weighted by molar-refractivity contribution is 6.33. The van der Waals surface area contributed by atoms with Gasteiger partial charge in [-0.2, -0.15) is 0 Å². The number of nitro groups is 1. The largest absolute Gasteiger partial charge is 0.339 e. The first-order chi connectivity index (χ1) is 9.49. The molecule has 7 nitrogen and oxygen atoms in total. The van der Waals surface area contributed by atoms with E-state index in [2.05, 4.69) is 15.7 Å². The number of hydrogen-bond donors (Lipinski definition) is 3. The van der Waals surface area contributed by atoms with Crippen molar-refractivity contribution in [2.45, 2.75) is 6.92 Å². The number of nitrogens with zero attached hydrogens (tertiary/aromatic N) is 2. The number of aromatic nitrogens is 1. The van der Waals surface area contributed by atoms with Crippen LogP contribution in [0.1, 0.15) is 5.56 Å². The number of pyridine rings is 1. The lowest BCUT2D eigenvalue weighted by atomic mass is 10.2. The van der Waals surface area contributed by atoms with Gasteiger partial charge in [-0.25, -0.2) is 10.8 Å². The van der Waals surface area contributed by atoms with E-state index in [-0.39, 0.29) is 17.3 Å². The summed E-state index contributed by atoms with van der Waals surface area (Å²) >= 11 is 6.09. The van der Waals surface area contributed by atoms with Crippen molar-refractivity contribution in [3.05, 3.63) is 51.0 Å². The van der Waals surface area contributed by atoms with E-state index in [1.807, 2.05) is 13.0 Å². The molecule has 1 aromatic carbocycles. The van der Waals surface area contributed by atoms with Crippen molar-refractivity contribution in [2.75, 3.05) is 10.7 Å². The van der Waals surface area contributed by atoms with Crippen molar-refractivity contribution in [1.29, 1.82) is 0 Å². The summed E-state index contributed by atoms with van der Waals surface area (Å²) in [6.45, 7) is 1.91. The summed E-state index contributed by atoms with van der Waals surface area (Å²) in [6.07, 6.45) is 0. The predicted molar refractivity (Wildman–Crippen MR) is 78.2 cm³/mol. The molecular formula is C12H12ClN5O2. The molecule has 4 N–H and O–H groups in total. The number of hydrazine groups is 1. The van der Waals surface area contributed by atoms with Gasteiger partial charge in [0.05, 0.1) is 27.8 Å². The molecular weight excluding hydrogens is 282 g/mol. The molecule has 0 amide bonds. The third kappa shape index (κ3) is 3.14. The molecule has 0 spiro atoms. The number of hydrogen-bond acceptors (Lipinski definition) is 6. The summed E-state index contributed by atoms with van der Waals surface area (Å²) in [5.74, 6) is 5.70. The van der Waals surface area contributed by atoms with Gasteiger partial charge in [-0.05, 0) is 24.6 Å². The van der Waals surface area contributed by atoms with Crippen molar-refractivity contribution in [2.24, 2.45) is 5.84 Å². The lowest BCUT2D eigenvalue weighted by Gasteiger charge is -2.09. The van der Waals surface area contributed by atoms with Crippen molar-refractivity contribution in [3.63, 3.8) is 0 Å². The van der Waals surface area contributed by atoms with Gasteiger partial charge in [-0.3, -0.25) is 10.1 Å². The van der Waals surface area contributed by atoms with Gasteiger partial charge < -0.3 is 10.7 Å². The van der Waals surface area contributed by atoms with E-state index < -0.39 is 4.92 Å². The second kappa shape index (κ2) is 5.72. The van der Waals surface area contributed by atoms with Crippen molar-refractivity contribution >= 4 is 34.6 Å². The van der Waals surface area contributed by atoms with E-state index >= 15 is 0 Å². The summed E-state index contributed by atoms with van der Waals surface area (Å²) in [4.78, 5) is 14.4. The monoisotopic (exact) mass is 293 g/mol. The van der Waals surface area contributed by atoms with Gasteiger partial charge in [-0.15, -0.1) is 0 Å². The number of nitrogen functional groups attached to an aromatic ring is 1. The number of aryl methyl sites for hydroxylation is 1. The van der Waals surface area contributed by atoms with Gasteiger partial charge in [0.1, 0.15) is 11.6 Å². The molecule has 0 aliphatic heterocycles. The van der Waals surface area contributed by atoms with Crippen LogP contribution in [0.25, 0.3) is 0 Å². The number of benzene rings is 1. The lowest BCUT2D eigenvalue weighted by molar-refractivity contribution is -0.384. The molecule has 0 saturated heterocycles. The molecule has 2 rings (SSSR count). The van der Waals surface area contributed by atoms with Crippen LogP contribution in [0.2, 0.25) is 5.02 Å². The quantitative estimate of drug-likeness (QED) is 0.454. The third-order valence-electron chi connectivity index (χ3n) is 2.56. The Labute approximate surface area is 119 Å². The van der Waals surface area contributed by atoms with Gasteiger partial charge >= 0.3 is 0 Å². The van der Waals surface area contributed by atoms with Crippen LogP contribution < -0.4 is 16.6 Å². The average Bonchev–Trinajstić information content (AvgIpc) is 2.41. The molecule has 0 aliphatic carbocycles. The van der Waals surface area contributed by atoms with E-state index in [0.717, 1.165) is 5.56 Å². The van der Waals surface area contributed by atoms with Crippen LogP contribution in [0.15, 0.2) is 30.3 Å². The third-order valence-corrected chi connectivity index (χ3v) is 2.87. The van der Waals surface area contributed by atoms with Crippen LogP contribution in [-0.4, -0.2) is 9.91 Å². The fraction of sp³-hybridized carbons (Fsp3) is 0.0833. The van der Waals surface area contributed by atoms with Crippen LogP contribution in [0.4, 0.5) is 23.0 Å². The number of nitrogens with two attached hydrogens (primary N) is 1. The first-order valence-corrected chi connectivity index (χ1v) is 6.03. The van der Waals surface area contributed by atoms with E-state index in [1.165, 1.54) is 12.1 Å². The molecule has 0 aliphatic rings. The van der Waals surface area contributed by atoms with Crippen LogP contribution >= 0.6 is 11.6 Å². The normalized spacial score (nSPS) is 10.2. The Bertz CT molecular complexity index is 662. The summed E-state index contributed by atoms with van der Waals surface area (Å²) in [6, 6.07) is 7.96. The second-order valence-electron chi connectivity index (χ2n) is 4.11. The zero-order valence-corrected chi connectivity index (χ0v) is 11.3. The minimum Gasteiger partial charge on any atom is -0.339 e. The molecule has 1 heterocycles. The minimum atomic E-state index is -0.523. The molecule has 0 bridgehead atoms. The molecule has 8 heteroatoms. The van der Waals surface area contributed by atoms with Gasteiger partial charge in [0.2, 0.25) is 0 Å². The summed E-state index contributed by atoms with van der Waals surface area (Å²) in [7, 11) is 0. The van der Waals surface area contributed by atoms with Crippen LogP contribution in [-0.2, 0) is 0 Å². The van der Waals surface area contributed by atoms with E-state index in [0.29, 0.717) is 10.7 Å². The van der Waals surface area contributed by atoms with Crippen LogP contribution in [0.5, 0.6) is 0 Å². The number of nitrogens with one attached hydrogen (secondary N) is 2. The second-order valence-corrected chi connectivity index (χ2v) is 4.51. The molecule has 1 aromatic heterocycles. The maximum absolute atomic E-state index is 10.8. The summed E-state index contributed by atoms with van der Waals surface area (Å²) in [5, 5.41) is 14.3. The standard InChI is InChI=1S/C12H12ClN5O2/c1-7-2-3-10(9(13)4-7)15-11-5-8(18(19)20)6-12(16-11)17-14/h2-6H,14H2,1H3,(H2,15,16,17). The highest BCUT2D eigenvalue weighted by atomic mass is 35.5.